The summed E-state index contributed by atoms with van der Waals surface area (Å²) in [6.45, 7) is 3.80. The van der Waals surface area contributed by atoms with Crippen molar-refractivity contribution in [1.29, 1.82) is 5.26 Å². The summed E-state index contributed by atoms with van der Waals surface area (Å²) in [6.07, 6.45) is 4.96. The smallest absolute Gasteiger partial charge is 0.270 e. The van der Waals surface area contributed by atoms with Gasteiger partial charge in [0.1, 0.15) is 5.69 Å². The maximum Gasteiger partial charge on any atom is 0.270 e. The zero-order valence-corrected chi connectivity index (χ0v) is 25.1. The molecule has 6 rings (SSSR count). The highest BCUT2D eigenvalue weighted by atomic mass is 19.3. The van der Waals surface area contributed by atoms with Crippen molar-refractivity contribution < 1.29 is 27.2 Å². The molecule has 3 aliphatic rings. The lowest BCUT2D eigenvalue weighted by Gasteiger charge is -2.35. The van der Waals surface area contributed by atoms with Gasteiger partial charge in [-0.1, -0.05) is 0 Å². The lowest BCUT2D eigenvalue weighted by atomic mass is 9.79. The Kier molecular flexibility index (Phi) is 7.85. The van der Waals surface area contributed by atoms with E-state index in [0.717, 1.165) is 0 Å². The number of nitriles is 1. The second-order valence-electron chi connectivity index (χ2n) is 13.3. The monoisotopic (exact) mass is 628 g/mol. The molecule has 3 aromatic heterocycles. The number of imidazole rings is 1. The number of hydrogen-bond donors (Lipinski definition) is 2. The Labute approximate surface area is 257 Å². The molecule has 0 aliphatic heterocycles. The Hall–Kier alpha value is -4.02. The van der Waals surface area contributed by atoms with Crippen molar-refractivity contribution >= 4 is 17.5 Å². The van der Waals surface area contributed by atoms with E-state index < -0.39 is 47.1 Å². The molecule has 45 heavy (non-hydrogen) atoms. The van der Waals surface area contributed by atoms with Crippen LogP contribution in [0.25, 0.3) is 5.65 Å². The number of nitrogens with zero attached hydrogens (tertiary/aromatic N) is 6. The molecule has 3 aliphatic carbocycles. The summed E-state index contributed by atoms with van der Waals surface area (Å²) in [6, 6.07) is 4.16. The topological polar surface area (TPSA) is 130 Å². The van der Waals surface area contributed by atoms with E-state index in [4.69, 9.17) is 4.98 Å². The van der Waals surface area contributed by atoms with E-state index in [1.165, 1.54) is 16.9 Å². The average molecular weight is 629 g/mol. The first-order valence-corrected chi connectivity index (χ1v) is 15.4. The van der Waals surface area contributed by atoms with Crippen LogP contribution in [0.3, 0.4) is 0 Å². The maximum absolute atomic E-state index is 14.1. The van der Waals surface area contributed by atoms with Gasteiger partial charge in [-0.3, -0.25) is 14.3 Å². The average Bonchev–Trinajstić information content (AvgIpc) is 3.39. The number of carbonyl (C=O) groups excluding carboxylic acids is 2. The zero-order chi connectivity index (χ0) is 32.1. The molecule has 3 heterocycles. The van der Waals surface area contributed by atoms with Gasteiger partial charge < -0.3 is 10.6 Å². The molecule has 3 aromatic rings. The number of fused-ring (bicyclic) bond motifs is 1. The summed E-state index contributed by atoms with van der Waals surface area (Å²) >= 11 is 0. The van der Waals surface area contributed by atoms with Crippen molar-refractivity contribution in [3.05, 3.63) is 47.7 Å². The zero-order valence-electron chi connectivity index (χ0n) is 25.1. The molecule has 3 fully saturated rings. The van der Waals surface area contributed by atoms with Crippen LogP contribution in [0, 0.1) is 28.6 Å². The van der Waals surface area contributed by atoms with Gasteiger partial charge in [0.05, 0.1) is 41.7 Å². The van der Waals surface area contributed by atoms with Crippen molar-refractivity contribution in [2.45, 2.75) is 102 Å². The Morgan fingerprint density at radius 1 is 1.07 bits per heavy atom. The van der Waals surface area contributed by atoms with E-state index >= 15 is 0 Å². The van der Waals surface area contributed by atoms with Crippen LogP contribution >= 0.6 is 0 Å². The van der Waals surface area contributed by atoms with E-state index in [0.29, 0.717) is 35.4 Å². The van der Waals surface area contributed by atoms with Gasteiger partial charge in [-0.2, -0.15) is 15.5 Å². The minimum atomic E-state index is -2.75. The number of nitrogens with one attached hydrogen (secondary N) is 2. The van der Waals surface area contributed by atoms with Gasteiger partial charge >= 0.3 is 0 Å². The Balaban J connectivity index is 1.27. The fraction of sp³-hybridized carbons (Fsp3) is 0.613. The SMILES string of the molecule is CC(C)n1nccc1C(=O)N[C@H](c1cn2ncc([C@H](NC(=O)CC3CC(F)(F)C3)C3(C#N)CC3)cc2n1)C1CCC(F)(F)CC1. The standard InChI is InChI=1S/C31H36F4N8O2/c1-18(2)43-23(5-10-37-43)28(45)41-26(20-3-6-30(32,33)7-4-20)22-16-42-24(39-22)12-21(15-38-42)27(29(17-36)8-9-29)40-25(44)11-19-13-31(34,35)14-19/h5,10,12,15-16,18-20,26-27H,3-4,6-9,11,13-14H2,1-2H3,(H,40,44)(H,41,45)/t26-,27-/m0/s1. The highest BCUT2D eigenvalue weighted by Gasteiger charge is 2.52. The Bertz CT molecular complexity index is 1620. The van der Waals surface area contributed by atoms with Crippen LogP contribution in [0.4, 0.5) is 17.6 Å². The molecule has 2 N–H and O–H groups in total. The first kappa shape index (κ1) is 31.0. The van der Waals surface area contributed by atoms with Crippen molar-refractivity contribution in [3.8, 4) is 6.07 Å². The predicted octanol–water partition coefficient (Wildman–Crippen LogP) is 5.70. The molecular formula is C31H36F4N8O2. The normalized spacial score (nSPS) is 21.9. The van der Waals surface area contributed by atoms with Crippen molar-refractivity contribution in [2.24, 2.45) is 17.3 Å². The molecule has 14 heteroatoms. The van der Waals surface area contributed by atoms with Gasteiger partial charge in [-0.25, -0.2) is 27.1 Å². The van der Waals surface area contributed by atoms with E-state index in [1.807, 2.05) is 13.8 Å². The van der Waals surface area contributed by atoms with E-state index in [-0.39, 0.29) is 56.9 Å². The number of rotatable bonds is 10. The second-order valence-corrected chi connectivity index (χ2v) is 13.3. The van der Waals surface area contributed by atoms with E-state index in [2.05, 4.69) is 26.9 Å². The third-order valence-corrected chi connectivity index (χ3v) is 9.44. The molecule has 2 amide bonds. The van der Waals surface area contributed by atoms with Crippen molar-refractivity contribution in [2.75, 3.05) is 0 Å². The number of amides is 2. The van der Waals surface area contributed by atoms with Gasteiger partial charge in [0, 0.05) is 44.3 Å². The van der Waals surface area contributed by atoms with Crippen LogP contribution in [0.2, 0.25) is 0 Å². The molecule has 0 unspecified atom stereocenters. The highest BCUT2D eigenvalue weighted by Crippen LogP contribution is 2.54. The molecular weight excluding hydrogens is 592 g/mol. The van der Waals surface area contributed by atoms with Gasteiger partial charge in [0.15, 0.2) is 5.65 Å². The summed E-state index contributed by atoms with van der Waals surface area (Å²) in [4.78, 5) is 31.1. The predicted molar refractivity (Wildman–Crippen MR) is 153 cm³/mol. The number of aromatic nitrogens is 5. The van der Waals surface area contributed by atoms with Gasteiger partial charge in [0.2, 0.25) is 17.8 Å². The Morgan fingerprint density at radius 3 is 2.40 bits per heavy atom. The van der Waals surface area contributed by atoms with Gasteiger partial charge in [-0.15, -0.1) is 0 Å². The molecule has 10 nitrogen and oxygen atoms in total. The summed E-state index contributed by atoms with van der Waals surface area (Å²) in [7, 11) is 0. The van der Waals surface area contributed by atoms with Crippen LogP contribution in [0.5, 0.6) is 0 Å². The quantitative estimate of drug-likeness (QED) is 0.277. The molecule has 0 radical (unpaired) electrons. The number of halogens is 4. The summed E-state index contributed by atoms with van der Waals surface area (Å²) in [5.41, 5.74) is 0.895. The number of alkyl halides is 4. The third kappa shape index (κ3) is 6.39. The van der Waals surface area contributed by atoms with Crippen LogP contribution in [0.1, 0.15) is 112 Å². The molecule has 0 aromatic carbocycles. The van der Waals surface area contributed by atoms with Crippen LogP contribution in [-0.2, 0) is 4.79 Å². The third-order valence-electron chi connectivity index (χ3n) is 9.44. The number of hydrogen-bond acceptors (Lipinski definition) is 6. The molecule has 240 valence electrons. The minimum Gasteiger partial charge on any atom is -0.348 e. The summed E-state index contributed by atoms with van der Waals surface area (Å²) in [5, 5.41) is 24.6. The first-order valence-electron chi connectivity index (χ1n) is 15.4. The molecule has 0 spiro atoms. The van der Waals surface area contributed by atoms with E-state index in [9.17, 15) is 32.4 Å². The summed E-state index contributed by atoms with van der Waals surface area (Å²) < 4.78 is 57.9. The molecule has 2 atom stereocenters. The number of carbonyl (C=O) groups is 2. The molecule has 3 saturated carbocycles. The Morgan fingerprint density at radius 2 is 1.78 bits per heavy atom. The van der Waals surface area contributed by atoms with Gasteiger partial charge in [-0.05, 0) is 69.1 Å². The van der Waals surface area contributed by atoms with Crippen LogP contribution in [-0.4, -0.2) is 48.0 Å². The van der Waals surface area contributed by atoms with Crippen molar-refractivity contribution in [3.63, 3.8) is 0 Å². The van der Waals surface area contributed by atoms with Crippen molar-refractivity contribution in [1.82, 2.24) is 35.0 Å². The molecule has 0 saturated heterocycles. The van der Waals surface area contributed by atoms with Gasteiger partial charge in [0.25, 0.3) is 5.91 Å². The first-order chi connectivity index (χ1) is 21.3. The fourth-order valence-corrected chi connectivity index (χ4v) is 6.72. The maximum atomic E-state index is 14.1. The minimum absolute atomic E-state index is 0.0473. The largest absolute Gasteiger partial charge is 0.348 e. The lowest BCUT2D eigenvalue weighted by molar-refractivity contribution is -0.134. The summed E-state index contributed by atoms with van der Waals surface area (Å²) in [5.74, 6) is -6.98. The second kappa shape index (κ2) is 11.4. The van der Waals surface area contributed by atoms with Crippen LogP contribution < -0.4 is 10.6 Å². The highest BCUT2D eigenvalue weighted by molar-refractivity contribution is 5.92. The van der Waals surface area contributed by atoms with E-state index in [1.54, 1.807) is 23.0 Å². The van der Waals surface area contributed by atoms with Crippen LogP contribution in [0.15, 0.2) is 30.7 Å². The lowest BCUT2D eigenvalue weighted by Crippen LogP contribution is -2.40. The molecule has 0 bridgehead atoms. The fourth-order valence-electron chi connectivity index (χ4n) is 6.72.